The van der Waals surface area contributed by atoms with E-state index in [2.05, 4.69) is 5.32 Å². The van der Waals surface area contributed by atoms with E-state index in [-0.39, 0.29) is 5.75 Å². The summed E-state index contributed by atoms with van der Waals surface area (Å²) in [5, 5.41) is 2.57. The van der Waals surface area contributed by atoms with Crippen molar-refractivity contribution in [2.24, 2.45) is 5.73 Å². The van der Waals surface area contributed by atoms with E-state index in [1.807, 2.05) is 13.8 Å². The van der Waals surface area contributed by atoms with Crippen LogP contribution in [0.5, 0.6) is 0 Å². The molecule has 0 bridgehead atoms. The number of rotatable bonds is 7. The van der Waals surface area contributed by atoms with Crippen LogP contribution in [0.4, 0.5) is 0 Å². The molecule has 0 unspecified atom stereocenters. The highest BCUT2D eigenvalue weighted by atomic mass is 32.2. The van der Waals surface area contributed by atoms with Gasteiger partial charge in [-0.3, -0.25) is 4.79 Å². The average Bonchev–Trinajstić information content (AvgIpc) is 2.25. The highest BCUT2D eigenvalue weighted by molar-refractivity contribution is 7.92. The molecule has 0 heterocycles. The number of carbonyl (C=O) groups is 1. The molecular weight excluding hydrogens is 228 g/mol. The van der Waals surface area contributed by atoms with E-state index in [0.29, 0.717) is 6.54 Å². The van der Waals surface area contributed by atoms with Crippen molar-refractivity contribution in [1.82, 2.24) is 5.32 Å². The quantitative estimate of drug-likeness (QED) is 0.668. The number of nitrogens with two attached hydrogens (primary N) is 1. The van der Waals surface area contributed by atoms with Gasteiger partial charge in [0.1, 0.15) is 5.75 Å². The third kappa shape index (κ3) is 5.46. The number of nitrogens with one attached hydrogen (secondary N) is 1. The smallest absolute Gasteiger partial charge is 0.235 e. The highest BCUT2D eigenvalue weighted by Crippen LogP contribution is 2.09. The molecule has 0 saturated carbocycles. The van der Waals surface area contributed by atoms with Crippen LogP contribution in [0.1, 0.15) is 33.6 Å². The van der Waals surface area contributed by atoms with Crippen LogP contribution in [-0.4, -0.2) is 37.9 Å². The van der Waals surface area contributed by atoms with Crippen LogP contribution in [0.15, 0.2) is 0 Å². The fourth-order valence-electron chi connectivity index (χ4n) is 1.13. The molecule has 0 aromatic rings. The summed E-state index contributed by atoms with van der Waals surface area (Å²) in [6, 6.07) is 0. The maximum absolute atomic E-state index is 11.4. The first-order valence-corrected chi connectivity index (χ1v) is 7.36. The Morgan fingerprint density at radius 1 is 1.25 bits per heavy atom. The molecule has 0 aliphatic heterocycles. The average molecular weight is 250 g/mol. The summed E-state index contributed by atoms with van der Waals surface area (Å²) in [5.41, 5.74) is 5.54. The van der Waals surface area contributed by atoms with Crippen molar-refractivity contribution in [2.75, 3.05) is 18.1 Å². The summed E-state index contributed by atoms with van der Waals surface area (Å²) in [7, 11) is -3.25. The van der Waals surface area contributed by atoms with Crippen molar-refractivity contribution in [3.8, 4) is 0 Å². The van der Waals surface area contributed by atoms with Crippen LogP contribution < -0.4 is 11.1 Å². The summed E-state index contributed by atoms with van der Waals surface area (Å²) in [6.45, 7) is 5.73. The van der Waals surface area contributed by atoms with E-state index in [0.717, 1.165) is 12.8 Å². The molecule has 0 saturated heterocycles. The lowest BCUT2D eigenvalue weighted by Gasteiger charge is -2.26. The van der Waals surface area contributed by atoms with Gasteiger partial charge in [0, 0.05) is 17.8 Å². The summed E-state index contributed by atoms with van der Waals surface area (Å²) in [5.74, 6) is -0.943. The van der Waals surface area contributed by atoms with Crippen molar-refractivity contribution in [3.63, 3.8) is 0 Å². The van der Waals surface area contributed by atoms with Crippen LogP contribution in [0.3, 0.4) is 0 Å². The Morgan fingerprint density at radius 3 is 2.12 bits per heavy atom. The van der Waals surface area contributed by atoms with E-state index in [1.165, 1.54) is 6.92 Å². The van der Waals surface area contributed by atoms with Gasteiger partial charge in [-0.25, -0.2) is 8.42 Å². The fraction of sp³-hybridized carbons (Fsp3) is 0.900. The second-order valence-electron chi connectivity index (χ2n) is 4.02. The molecule has 0 spiro atoms. The summed E-state index contributed by atoms with van der Waals surface area (Å²) < 4.78 is 22.4. The monoisotopic (exact) mass is 250 g/mol. The van der Waals surface area contributed by atoms with E-state index in [1.54, 1.807) is 0 Å². The van der Waals surface area contributed by atoms with Gasteiger partial charge < -0.3 is 11.1 Å². The topological polar surface area (TPSA) is 89.3 Å². The molecule has 5 nitrogen and oxygen atoms in total. The van der Waals surface area contributed by atoms with E-state index < -0.39 is 27.0 Å². The lowest BCUT2D eigenvalue weighted by Crippen LogP contribution is -2.50. The van der Waals surface area contributed by atoms with Gasteiger partial charge in [0.25, 0.3) is 0 Å². The number of carbonyl (C=O) groups excluding carboxylic acids is 1. The van der Waals surface area contributed by atoms with E-state index >= 15 is 0 Å². The predicted octanol–water partition coefficient (Wildman–Crippen LogP) is 0.0548. The van der Waals surface area contributed by atoms with Crippen LogP contribution in [0.2, 0.25) is 0 Å². The van der Waals surface area contributed by atoms with Gasteiger partial charge >= 0.3 is 0 Å². The highest BCUT2D eigenvalue weighted by Gasteiger charge is 2.22. The largest absolute Gasteiger partial charge is 0.353 e. The van der Waals surface area contributed by atoms with E-state index in [9.17, 15) is 13.2 Å². The lowest BCUT2D eigenvalue weighted by atomic mass is 9.94. The Balaban J connectivity index is 4.19. The van der Waals surface area contributed by atoms with Crippen molar-refractivity contribution in [2.45, 2.75) is 39.2 Å². The number of hydrogen-bond acceptors (Lipinski definition) is 4. The van der Waals surface area contributed by atoms with Gasteiger partial charge in [0.15, 0.2) is 9.84 Å². The fourth-order valence-corrected chi connectivity index (χ4v) is 1.83. The maximum Gasteiger partial charge on any atom is 0.235 e. The van der Waals surface area contributed by atoms with Crippen LogP contribution in [0.25, 0.3) is 0 Å². The minimum absolute atomic E-state index is 0.0181. The molecule has 1 amide bonds. The molecule has 6 heteroatoms. The third-order valence-electron chi connectivity index (χ3n) is 2.84. The first kappa shape index (κ1) is 15.4. The van der Waals surface area contributed by atoms with Crippen molar-refractivity contribution < 1.29 is 13.2 Å². The zero-order chi connectivity index (χ0) is 12.8. The molecule has 16 heavy (non-hydrogen) atoms. The first-order chi connectivity index (χ1) is 7.28. The van der Waals surface area contributed by atoms with Gasteiger partial charge in [-0.2, -0.15) is 0 Å². The van der Waals surface area contributed by atoms with Gasteiger partial charge in [-0.1, -0.05) is 20.8 Å². The minimum atomic E-state index is -3.25. The maximum atomic E-state index is 11.4. The van der Waals surface area contributed by atoms with Crippen molar-refractivity contribution >= 4 is 15.7 Å². The second kappa shape index (κ2) is 6.20. The molecule has 0 aliphatic rings. The summed E-state index contributed by atoms with van der Waals surface area (Å²) in [4.78, 5) is 11.4. The summed E-state index contributed by atoms with van der Waals surface area (Å²) in [6.07, 6.45) is 1.48. The lowest BCUT2D eigenvalue weighted by molar-refractivity contribution is -0.118. The Hall–Kier alpha value is -0.620. The molecular formula is C10H22N2O3S. The van der Waals surface area contributed by atoms with Gasteiger partial charge in [-0.05, 0) is 12.8 Å². The zero-order valence-corrected chi connectivity index (χ0v) is 11.1. The van der Waals surface area contributed by atoms with Gasteiger partial charge in [0.2, 0.25) is 5.91 Å². The Kier molecular flexibility index (Phi) is 5.96. The molecule has 0 aliphatic carbocycles. The molecule has 0 atom stereocenters. The number of amides is 1. The number of sulfone groups is 1. The molecule has 0 fully saturated rings. The SMILES string of the molecule is CCC(N)(CC)CNC(=O)CS(=O)(=O)CC. The second-order valence-corrected chi connectivity index (χ2v) is 6.38. The molecule has 0 radical (unpaired) electrons. The minimum Gasteiger partial charge on any atom is -0.353 e. The predicted molar refractivity (Wildman–Crippen MR) is 64.8 cm³/mol. The molecule has 3 N–H and O–H groups in total. The Morgan fingerprint density at radius 2 is 1.75 bits per heavy atom. The third-order valence-corrected chi connectivity index (χ3v) is 4.42. The van der Waals surface area contributed by atoms with Crippen LogP contribution in [-0.2, 0) is 14.6 Å². The van der Waals surface area contributed by atoms with E-state index in [4.69, 9.17) is 5.73 Å². The Bertz CT molecular complexity index is 321. The zero-order valence-electron chi connectivity index (χ0n) is 10.2. The van der Waals surface area contributed by atoms with Crippen LogP contribution >= 0.6 is 0 Å². The molecule has 0 aromatic heterocycles. The first-order valence-electron chi connectivity index (χ1n) is 5.54. The Labute approximate surface area is 97.7 Å². The summed E-state index contributed by atoms with van der Waals surface area (Å²) >= 11 is 0. The number of hydrogen-bond donors (Lipinski definition) is 2. The molecule has 96 valence electrons. The van der Waals surface area contributed by atoms with Crippen LogP contribution in [0, 0.1) is 0 Å². The van der Waals surface area contributed by atoms with Gasteiger partial charge in [-0.15, -0.1) is 0 Å². The molecule has 0 rings (SSSR count). The normalized spacial score (nSPS) is 12.5. The van der Waals surface area contributed by atoms with Crippen molar-refractivity contribution in [3.05, 3.63) is 0 Å². The van der Waals surface area contributed by atoms with Gasteiger partial charge in [0.05, 0.1) is 0 Å². The standard InChI is InChI=1S/C10H22N2O3S/c1-4-10(11,5-2)8-12-9(13)7-16(14,15)6-3/h4-8,11H2,1-3H3,(H,12,13). The van der Waals surface area contributed by atoms with Crippen molar-refractivity contribution in [1.29, 1.82) is 0 Å². The molecule has 0 aromatic carbocycles.